The lowest BCUT2D eigenvalue weighted by Gasteiger charge is -2.23. The van der Waals surface area contributed by atoms with E-state index < -0.39 is 0 Å². The lowest BCUT2D eigenvalue weighted by Crippen LogP contribution is -2.24. The van der Waals surface area contributed by atoms with Gasteiger partial charge >= 0.3 is 0 Å². The van der Waals surface area contributed by atoms with E-state index in [-0.39, 0.29) is 11.4 Å². The van der Waals surface area contributed by atoms with Crippen LogP contribution in [0.3, 0.4) is 0 Å². The molecule has 4 heteroatoms. The highest BCUT2D eigenvalue weighted by Gasteiger charge is 2.18. The minimum absolute atomic E-state index is 0.189. The number of aliphatic imine (C=N–C) groups is 1. The van der Waals surface area contributed by atoms with E-state index in [1.165, 1.54) is 0 Å². The van der Waals surface area contributed by atoms with Crippen LogP contribution in [0.15, 0.2) is 29.0 Å². The molecular weight excluding hydrogens is 200 g/mol. The summed E-state index contributed by atoms with van der Waals surface area (Å²) in [6.45, 7) is 9.24. The average Bonchev–Trinajstić information content (AvgIpc) is 2.02. The zero-order valence-corrected chi connectivity index (χ0v) is 9.85. The number of allylic oxidation sites excluding steroid dienone is 1. The maximum absolute atomic E-state index is 5.81. The van der Waals surface area contributed by atoms with Crippen molar-refractivity contribution in [1.29, 1.82) is 0 Å². The first kappa shape index (κ1) is 13.2. The number of hydrogen-bond acceptors (Lipinski definition) is 3. The van der Waals surface area contributed by atoms with E-state index in [1.807, 2.05) is 20.8 Å². The fraction of sp³-hybridized carbons (Fsp3) is 0.500. The molecular formula is C10H17ClN2O. The Bertz CT molecular complexity index is 280. The largest absolute Gasteiger partial charge is 0.384 e. The maximum Gasteiger partial charge on any atom is 0.131 e. The van der Waals surface area contributed by atoms with Crippen molar-refractivity contribution in [3.05, 3.63) is 24.0 Å². The normalized spacial score (nSPS) is 14.4. The van der Waals surface area contributed by atoms with Crippen molar-refractivity contribution < 1.29 is 4.74 Å². The predicted octanol–water partition coefficient (Wildman–Crippen LogP) is 2.42. The molecule has 0 aliphatic rings. The molecule has 3 nitrogen and oxygen atoms in total. The smallest absolute Gasteiger partial charge is 0.131 e. The van der Waals surface area contributed by atoms with Crippen molar-refractivity contribution in [2.45, 2.75) is 26.4 Å². The molecule has 0 aliphatic heterocycles. The minimum atomic E-state index is -0.356. The van der Waals surface area contributed by atoms with E-state index in [1.54, 1.807) is 13.2 Å². The quantitative estimate of drug-likeness (QED) is 0.734. The van der Waals surface area contributed by atoms with Crippen LogP contribution in [0, 0.1) is 0 Å². The molecule has 0 spiro atoms. The van der Waals surface area contributed by atoms with Gasteiger partial charge in [-0.3, -0.25) is 0 Å². The lowest BCUT2D eigenvalue weighted by atomic mass is 9.99. The fourth-order valence-corrected chi connectivity index (χ4v) is 0.955. The van der Waals surface area contributed by atoms with Gasteiger partial charge < -0.3 is 10.5 Å². The van der Waals surface area contributed by atoms with Crippen LogP contribution in [0.2, 0.25) is 0 Å². The Morgan fingerprint density at radius 1 is 1.57 bits per heavy atom. The van der Waals surface area contributed by atoms with Crippen LogP contribution in [0.5, 0.6) is 0 Å². The van der Waals surface area contributed by atoms with E-state index in [4.69, 9.17) is 22.1 Å². The minimum Gasteiger partial charge on any atom is -0.384 e. The second-order valence-electron chi connectivity index (χ2n) is 3.47. The van der Waals surface area contributed by atoms with Gasteiger partial charge in [-0.25, -0.2) is 4.99 Å². The van der Waals surface area contributed by atoms with Crippen molar-refractivity contribution in [2.75, 3.05) is 7.11 Å². The molecule has 2 N–H and O–H groups in total. The standard InChI is InChI=1S/C10H17ClN2O/c1-7(10(3,4)14-5)6-9(11)13-8(2)12/h6H,2,12H2,1,3-5H3/b7-6+,13-9?. The van der Waals surface area contributed by atoms with Crippen molar-refractivity contribution in [2.24, 2.45) is 10.7 Å². The van der Waals surface area contributed by atoms with Gasteiger partial charge in [-0.2, -0.15) is 0 Å². The number of hydrogen-bond donors (Lipinski definition) is 1. The first-order valence-electron chi connectivity index (χ1n) is 4.22. The van der Waals surface area contributed by atoms with Gasteiger partial charge in [-0.05, 0) is 32.4 Å². The van der Waals surface area contributed by atoms with Crippen LogP contribution >= 0.6 is 11.6 Å². The Morgan fingerprint density at radius 2 is 2.07 bits per heavy atom. The zero-order valence-electron chi connectivity index (χ0n) is 9.10. The molecule has 0 aromatic heterocycles. The van der Waals surface area contributed by atoms with Crippen molar-refractivity contribution in [1.82, 2.24) is 0 Å². The van der Waals surface area contributed by atoms with Gasteiger partial charge in [-0.1, -0.05) is 18.2 Å². The molecule has 0 atom stereocenters. The molecule has 0 unspecified atom stereocenters. The van der Waals surface area contributed by atoms with Crippen LogP contribution in [-0.4, -0.2) is 17.9 Å². The molecule has 0 rings (SSSR count). The summed E-state index contributed by atoms with van der Waals surface area (Å²) in [6, 6.07) is 0. The monoisotopic (exact) mass is 216 g/mol. The van der Waals surface area contributed by atoms with Gasteiger partial charge in [0.1, 0.15) is 11.0 Å². The van der Waals surface area contributed by atoms with E-state index in [9.17, 15) is 0 Å². The van der Waals surface area contributed by atoms with Gasteiger partial charge in [0.2, 0.25) is 0 Å². The average molecular weight is 217 g/mol. The Morgan fingerprint density at radius 3 is 2.43 bits per heavy atom. The molecule has 0 aromatic rings. The summed E-state index contributed by atoms with van der Waals surface area (Å²) in [6.07, 6.45) is 1.71. The summed E-state index contributed by atoms with van der Waals surface area (Å²) in [5.41, 5.74) is 5.90. The highest BCUT2D eigenvalue weighted by atomic mass is 35.5. The lowest BCUT2D eigenvalue weighted by molar-refractivity contribution is 0.0552. The zero-order chi connectivity index (χ0) is 11.4. The predicted molar refractivity (Wildman–Crippen MR) is 61.5 cm³/mol. The number of halogens is 1. The molecule has 0 aromatic carbocycles. The fourth-order valence-electron chi connectivity index (χ4n) is 0.683. The third-order valence-corrected chi connectivity index (χ3v) is 2.24. The maximum atomic E-state index is 5.81. The highest BCUT2D eigenvalue weighted by molar-refractivity contribution is 6.68. The summed E-state index contributed by atoms with van der Waals surface area (Å²) < 4.78 is 5.27. The van der Waals surface area contributed by atoms with Crippen LogP contribution in [-0.2, 0) is 4.74 Å². The second-order valence-corrected chi connectivity index (χ2v) is 3.85. The molecule has 0 radical (unpaired) electrons. The van der Waals surface area contributed by atoms with Crippen LogP contribution < -0.4 is 5.73 Å². The molecule has 0 saturated heterocycles. The summed E-state index contributed by atoms with van der Waals surface area (Å²) in [5.74, 6) is 0.189. The molecule has 0 bridgehead atoms. The molecule has 14 heavy (non-hydrogen) atoms. The van der Waals surface area contributed by atoms with Gasteiger partial charge in [0.05, 0.1) is 5.60 Å². The summed E-state index contributed by atoms with van der Waals surface area (Å²) >= 11 is 5.81. The van der Waals surface area contributed by atoms with Crippen LogP contribution in [0.1, 0.15) is 20.8 Å². The van der Waals surface area contributed by atoms with Gasteiger partial charge in [0.25, 0.3) is 0 Å². The summed E-state index contributed by atoms with van der Waals surface area (Å²) in [5, 5.41) is 0.306. The first-order chi connectivity index (χ1) is 6.29. The van der Waals surface area contributed by atoms with Gasteiger partial charge in [0.15, 0.2) is 0 Å². The topological polar surface area (TPSA) is 47.6 Å². The van der Waals surface area contributed by atoms with E-state index in [0.29, 0.717) is 5.17 Å². The third kappa shape index (κ3) is 4.44. The van der Waals surface area contributed by atoms with Gasteiger partial charge in [0, 0.05) is 7.11 Å². The Balaban J connectivity index is 4.76. The third-order valence-electron chi connectivity index (χ3n) is 2.05. The number of nitrogens with two attached hydrogens (primary N) is 1. The van der Waals surface area contributed by atoms with E-state index >= 15 is 0 Å². The summed E-state index contributed by atoms with van der Waals surface area (Å²) in [7, 11) is 1.64. The Hall–Kier alpha value is -0.800. The number of rotatable bonds is 4. The second kappa shape index (κ2) is 5.17. The van der Waals surface area contributed by atoms with E-state index in [2.05, 4.69) is 11.6 Å². The molecule has 0 fully saturated rings. The number of ether oxygens (including phenoxy) is 1. The van der Waals surface area contributed by atoms with Crippen molar-refractivity contribution in [3.8, 4) is 0 Å². The number of methoxy groups -OCH3 is 1. The molecule has 0 aliphatic carbocycles. The van der Waals surface area contributed by atoms with Crippen molar-refractivity contribution >= 4 is 16.8 Å². The molecule has 0 saturated carbocycles. The molecule has 0 amide bonds. The van der Waals surface area contributed by atoms with Crippen LogP contribution in [0.4, 0.5) is 0 Å². The molecule has 80 valence electrons. The van der Waals surface area contributed by atoms with Crippen molar-refractivity contribution in [3.63, 3.8) is 0 Å². The Labute approximate surface area is 90.3 Å². The Kier molecular flexibility index (Phi) is 4.88. The summed E-state index contributed by atoms with van der Waals surface area (Å²) in [4.78, 5) is 3.80. The SMILES string of the molecule is C=C(N)N=C(Cl)/C=C(\C)C(C)(C)OC. The highest BCUT2D eigenvalue weighted by Crippen LogP contribution is 2.19. The number of nitrogens with zero attached hydrogens (tertiary/aromatic N) is 1. The van der Waals surface area contributed by atoms with Gasteiger partial charge in [-0.15, -0.1) is 0 Å². The molecule has 0 heterocycles. The first-order valence-corrected chi connectivity index (χ1v) is 4.60. The van der Waals surface area contributed by atoms with E-state index in [0.717, 1.165) is 5.57 Å². The van der Waals surface area contributed by atoms with Crippen LogP contribution in [0.25, 0.3) is 0 Å².